The van der Waals surface area contributed by atoms with E-state index in [9.17, 15) is 9.59 Å². The molecule has 24 heavy (non-hydrogen) atoms. The highest BCUT2D eigenvalue weighted by atomic mass is 16.2. The molecule has 2 aliphatic rings. The van der Waals surface area contributed by atoms with Crippen LogP contribution >= 0.6 is 0 Å². The summed E-state index contributed by atoms with van der Waals surface area (Å²) in [6.07, 6.45) is 2.88. The second-order valence-electron chi connectivity index (χ2n) is 6.42. The molecule has 0 spiro atoms. The normalized spacial score (nSPS) is 23.4. The van der Waals surface area contributed by atoms with Crippen molar-refractivity contribution in [3.63, 3.8) is 0 Å². The Morgan fingerprint density at radius 1 is 1.21 bits per heavy atom. The highest BCUT2D eigenvalue weighted by Gasteiger charge is 2.41. The summed E-state index contributed by atoms with van der Waals surface area (Å²) in [7, 11) is 0. The number of anilines is 1. The molecule has 2 atom stereocenters. The van der Waals surface area contributed by atoms with E-state index >= 15 is 0 Å². The third-order valence-electron chi connectivity index (χ3n) is 5.02. The Bertz CT molecular complexity index is 665. The Labute approximate surface area is 142 Å². The van der Waals surface area contributed by atoms with Crippen molar-refractivity contribution in [3.8, 4) is 6.07 Å². The second kappa shape index (κ2) is 7.02. The van der Waals surface area contributed by atoms with Crippen LogP contribution in [0.4, 0.5) is 5.69 Å². The first kappa shape index (κ1) is 16.5. The van der Waals surface area contributed by atoms with Gasteiger partial charge in [0, 0.05) is 30.9 Å². The molecule has 6 nitrogen and oxygen atoms in total. The van der Waals surface area contributed by atoms with Crippen LogP contribution in [0.15, 0.2) is 24.3 Å². The third kappa shape index (κ3) is 3.26. The minimum Gasteiger partial charge on any atom is -0.327 e. The number of rotatable bonds is 2. The van der Waals surface area contributed by atoms with Crippen LogP contribution in [0.3, 0.4) is 0 Å². The van der Waals surface area contributed by atoms with Gasteiger partial charge in [-0.15, -0.1) is 0 Å². The van der Waals surface area contributed by atoms with Gasteiger partial charge in [0.25, 0.3) is 0 Å². The molecular formula is C18H22N4O2. The minimum atomic E-state index is -0.596. The minimum absolute atomic E-state index is 0.136. The molecule has 0 aliphatic carbocycles. The summed E-state index contributed by atoms with van der Waals surface area (Å²) in [4.78, 5) is 29.2. The van der Waals surface area contributed by atoms with Gasteiger partial charge in [0.15, 0.2) is 0 Å². The number of carbonyl (C=O) groups is 2. The van der Waals surface area contributed by atoms with E-state index in [-0.39, 0.29) is 12.1 Å². The van der Waals surface area contributed by atoms with Gasteiger partial charge in [0.05, 0.1) is 11.6 Å². The predicted molar refractivity (Wildman–Crippen MR) is 90.2 cm³/mol. The number of hydrogen-bond donors (Lipinski definition) is 1. The lowest BCUT2D eigenvalue weighted by atomic mass is 10.1. The molecule has 2 bridgehead atoms. The summed E-state index contributed by atoms with van der Waals surface area (Å²) in [5.74, 6) is -1.04. The van der Waals surface area contributed by atoms with E-state index in [1.807, 2.05) is 6.07 Å². The second-order valence-corrected chi connectivity index (χ2v) is 6.42. The van der Waals surface area contributed by atoms with E-state index in [4.69, 9.17) is 5.26 Å². The standard InChI is InChI=1S/C18H22N4O2/c1-2-21-10-9-15-7-8-16(12-21)22(15)18(24)17(23)20-14-5-3-13(11-19)4-6-14/h3-6,15-16H,2,7-10,12H2,1H3,(H,20,23)/t15-,16+/m1/s1. The summed E-state index contributed by atoms with van der Waals surface area (Å²) in [6, 6.07) is 8.85. The lowest BCUT2D eigenvalue weighted by Gasteiger charge is -2.28. The molecule has 0 saturated carbocycles. The SMILES string of the molecule is CCN1CC[C@H]2CC[C@@H](C1)N2C(=O)C(=O)Nc1ccc(C#N)cc1. The summed E-state index contributed by atoms with van der Waals surface area (Å²) < 4.78 is 0. The maximum absolute atomic E-state index is 12.7. The Morgan fingerprint density at radius 2 is 1.92 bits per heavy atom. The molecule has 2 heterocycles. The number of nitrogens with one attached hydrogen (secondary N) is 1. The molecule has 1 aromatic carbocycles. The highest BCUT2D eigenvalue weighted by Crippen LogP contribution is 2.30. The van der Waals surface area contributed by atoms with E-state index in [2.05, 4.69) is 17.1 Å². The molecule has 3 rings (SSSR count). The molecule has 2 saturated heterocycles. The Balaban J connectivity index is 1.68. The number of carbonyl (C=O) groups excluding carboxylic acids is 2. The smallest absolute Gasteiger partial charge is 0.313 e. The topological polar surface area (TPSA) is 76.4 Å². The van der Waals surface area contributed by atoms with Crippen LogP contribution in [0.5, 0.6) is 0 Å². The first-order valence-electron chi connectivity index (χ1n) is 8.48. The van der Waals surface area contributed by atoms with Gasteiger partial charge in [-0.3, -0.25) is 9.59 Å². The van der Waals surface area contributed by atoms with Crippen LogP contribution in [0.25, 0.3) is 0 Å². The Kier molecular flexibility index (Phi) is 4.81. The number of benzene rings is 1. The zero-order chi connectivity index (χ0) is 17.1. The van der Waals surface area contributed by atoms with E-state index < -0.39 is 11.8 Å². The van der Waals surface area contributed by atoms with E-state index in [1.54, 1.807) is 29.2 Å². The lowest BCUT2D eigenvalue weighted by Crippen LogP contribution is -2.47. The number of nitriles is 1. The molecule has 0 unspecified atom stereocenters. The van der Waals surface area contributed by atoms with E-state index in [0.29, 0.717) is 11.3 Å². The Hall–Kier alpha value is -2.39. The van der Waals surface area contributed by atoms with Gasteiger partial charge < -0.3 is 15.1 Å². The van der Waals surface area contributed by atoms with Crippen molar-refractivity contribution in [2.45, 2.75) is 38.3 Å². The van der Waals surface area contributed by atoms with Crippen LogP contribution in [0.2, 0.25) is 0 Å². The maximum Gasteiger partial charge on any atom is 0.313 e. The fourth-order valence-electron chi connectivity index (χ4n) is 3.69. The van der Waals surface area contributed by atoms with Crippen LogP contribution in [-0.4, -0.2) is 53.3 Å². The van der Waals surface area contributed by atoms with Gasteiger partial charge in [-0.05, 0) is 50.1 Å². The first-order valence-corrected chi connectivity index (χ1v) is 8.48. The molecule has 0 radical (unpaired) electrons. The van der Waals surface area contributed by atoms with Crippen molar-refractivity contribution >= 4 is 17.5 Å². The number of fused-ring (bicyclic) bond motifs is 2. The van der Waals surface area contributed by atoms with Crippen molar-refractivity contribution in [3.05, 3.63) is 29.8 Å². The van der Waals surface area contributed by atoms with Gasteiger partial charge in [-0.2, -0.15) is 5.26 Å². The largest absolute Gasteiger partial charge is 0.327 e. The predicted octanol–water partition coefficient (Wildman–Crippen LogP) is 1.58. The van der Waals surface area contributed by atoms with Gasteiger partial charge in [0.2, 0.25) is 0 Å². The van der Waals surface area contributed by atoms with Crippen LogP contribution in [0.1, 0.15) is 31.7 Å². The molecule has 2 aliphatic heterocycles. The van der Waals surface area contributed by atoms with Crippen LogP contribution in [-0.2, 0) is 9.59 Å². The molecule has 0 aromatic heterocycles. The molecule has 1 aromatic rings. The van der Waals surface area contributed by atoms with Gasteiger partial charge >= 0.3 is 11.8 Å². The molecular weight excluding hydrogens is 304 g/mol. The summed E-state index contributed by atoms with van der Waals surface area (Å²) in [5, 5.41) is 11.5. The molecule has 126 valence electrons. The fourth-order valence-corrected chi connectivity index (χ4v) is 3.69. The summed E-state index contributed by atoms with van der Waals surface area (Å²) >= 11 is 0. The lowest BCUT2D eigenvalue weighted by molar-refractivity contribution is -0.145. The highest BCUT2D eigenvalue weighted by molar-refractivity contribution is 6.39. The molecule has 6 heteroatoms. The molecule has 2 fully saturated rings. The van der Waals surface area contributed by atoms with Crippen molar-refractivity contribution in [1.29, 1.82) is 5.26 Å². The maximum atomic E-state index is 12.7. The number of hydrogen-bond acceptors (Lipinski definition) is 4. The van der Waals surface area contributed by atoms with Crippen LogP contribution < -0.4 is 5.32 Å². The third-order valence-corrected chi connectivity index (χ3v) is 5.02. The van der Waals surface area contributed by atoms with E-state index in [1.165, 1.54) is 0 Å². The average Bonchev–Trinajstić information content (AvgIpc) is 2.89. The molecule has 2 amide bonds. The van der Waals surface area contributed by atoms with Crippen molar-refractivity contribution in [1.82, 2.24) is 9.80 Å². The quantitative estimate of drug-likeness (QED) is 0.837. The zero-order valence-corrected chi connectivity index (χ0v) is 13.9. The van der Waals surface area contributed by atoms with Gasteiger partial charge in [-0.25, -0.2) is 0 Å². The van der Waals surface area contributed by atoms with Crippen molar-refractivity contribution in [2.24, 2.45) is 0 Å². The summed E-state index contributed by atoms with van der Waals surface area (Å²) in [6.45, 7) is 4.94. The monoisotopic (exact) mass is 326 g/mol. The first-order chi connectivity index (χ1) is 11.6. The number of likely N-dealkylation sites (N-methyl/N-ethyl adjacent to an activating group) is 1. The Morgan fingerprint density at radius 3 is 2.58 bits per heavy atom. The van der Waals surface area contributed by atoms with Gasteiger partial charge in [-0.1, -0.05) is 6.92 Å². The zero-order valence-electron chi connectivity index (χ0n) is 13.9. The van der Waals surface area contributed by atoms with Crippen molar-refractivity contribution < 1.29 is 9.59 Å². The van der Waals surface area contributed by atoms with Crippen LogP contribution in [0, 0.1) is 11.3 Å². The van der Waals surface area contributed by atoms with E-state index in [0.717, 1.165) is 38.9 Å². The average molecular weight is 326 g/mol. The number of nitrogens with zero attached hydrogens (tertiary/aromatic N) is 3. The van der Waals surface area contributed by atoms with Crippen molar-refractivity contribution in [2.75, 3.05) is 25.0 Å². The fraction of sp³-hybridized carbons (Fsp3) is 0.500. The number of likely N-dealkylation sites (tertiary alicyclic amines) is 1. The van der Waals surface area contributed by atoms with Gasteiger partial charge in [0.1, 0.15) is 0 Å². The number of amides is 2. The molecule has 1 N–H and O–H groups in total. The summed E-state index contributed by atoms with van der Waals surface area (Å²) in [5.41, 5.74) is 1.05.